The van der Waals surface area contributed by atoms with Crippen LogP contribution in [0.4, 0.5) is 4.39 Å². The van der Waals surface area contributed by atoms with Gasteiger partial charge in [-0.15, -0.1) is 0 Å². The molecule has 3 nitrogen and oxygen atoms in total. The molecular weight excluding hydrogens is 231 g/mol. The molecule has 1 aromatic rings. The van der Waals surface area contributed by atoms with Crippen molar-refractivity contribution in [2.45, 2.75) is 13.0 Å². The zero-order chi connectivity index (χ0) is 12.1. The second-order valence-electron chi connectivity index (χ2n) is 3.53. The third-order valence-electron chi connectivity index (χ3n) is 2.24. The number of nitrogens with one attached hydrogen (secondary N) is 2. The number of benzene rings is 1. The van der Waals surface area contributed by atoms with Gasteiger partial charge in [0.2, 0.25) is 0 Å². The Kier molecular flexibility index (Phi) is 4.71. The number of amides is 1. The summed E-state index contributed by atoms with van der Waals surface area (Å²) in [6, 6.07) is 4.08. The van der Waals surface area contributed by atoms with E-state index in [4.69, 9.17) is 11.6 Å². The molecule has 1 unspecified atom stereocenters. The lowest BCUT2D eigenvalue weighted by atomic mass is 10.2. The van der Waals surface area contributed by atoms with E-state index < -0.39 is 5.82 Å². The molecule has 0 radical (unpaired) electrons. The summed E-state index contributed by atoms with van der Waals surface area (Å²) in [6.07, 6.45) is 0. The summed E-state index contributed by atoms with van der Waals surface area (Å²) in [4.78, 5) is 11.6. The van der Waals surface area contributed by atoms with Crippen LogP contribution in [-0.4, -0.2) is 25.5 Å². The topological polar surface area (TPSA) is 41.1 Å². The monoisotopic (exact) mass is 244 g/mol. The van der Waals surface area contributed by atoms with Gasteiger partial charge in [0.25, 0.3) is 5.91 Å². The lowest BCUT2D eigenvalue weighted by Crippen LogP contribution is -2.37. The summed E-state index contributed by atoms with van der Waals surface area (Å²) in [5.41, 5.74) is 0.356. The average molecular weight is 245 g/mol. The van der Waals surface area contributed by atoms with Crippen LogP contribution in [0.2, 0.25) is 5.02 Å². The second-order valence-corrected chi connectivity index (χ2v) is 3.94. The maximum atomic E-state index is 12.9. The van der Waals surface area contributed by atoms with Crippen LogP contribution in [0.15, 0.2) is 18.2 Å². The van der Waals surface area contributed by atoms with Crippen LogP contribution >= 0.6 is 11.6 Å². The Morgan fingerprint density at radius 3 is 2.81 bits per heavy atom. The molecule has 0 saturated heterocycles. The van der Waals surface area contributed by atoms with E-state index in [9.17, 15) is 9.18 Å². The van der Waals surface area contributed by atoms with E-state index in [0.717, 1.165) is 0 Å². The molecule has 1 aromatic carbocycles. The van der Waals surface area contributed by atoms with Gasteiger partial charge in [-0.2, -0.15) is 0 Å². The number of rotatable bonds is 4. The summed E-state index contributed by atoms with van der Waals surface area (Å²) in [5, 5.41) is 5.66. The number of carbonyl (C=O) groups excluding carboxylic acids is 1. The third kappa shape index (κ3) is 3.47. The fourth-order valence-corrected chi connectivity index (χ4v) is 1.27. The van der Waals surface area contributed by atoms with Gasteiger partial charge in [0.1, 0.15) is 5.82 Å². The van der Waals surface area contributed by atoms with Crippen molar-refractivity contribution in [1.29, 1.82) is 0 Å². The third-order valence-corrected chi connectivity index (χ3v) is 2.53. The number of likely N-dealkylation sites (N-methyl/N-ethyl adjacent to an activating group) is 1. The van der Waals surface area contributed by atoms with Crippen LogP contribution in [0.3, 0.4) is 0 Å². The van der Waals surface area contributed by atoms with E-state index in [1.54, 1.807) is 0 Å². The molecule has 1 amide bonds. The highest BCUT2D eigenvalue weighted by molar-refractivity contribution is 6.31. The Morgan fingerprint density at radius 2 is 2.25 bits per heavy atom. The van der Waals surface area contributed by atoms with E-state index in [0.29, 0.717) is 12.1 Å². The van der Waals surface area contributed by atoms with Crippen molar-refractivity contribution in [3.63, 3.8) is 0 Å². The van der Waals surface area contributed by atoms with Crippen molar-refractivity contribution >= 4 is 17.5 Å². The van der Waals surface area contributed by atoms with Gasteiger partial charge in [-0.3, -0.25) is 4.79 Å². The van der Waals surface area contributed by atoms with Gasteiger partial charge in [-0.25, -0.2) is 4.39 Å². The SMILES string of the molecule is CNC(C)CNC(=O)c1ccc(F)c(Cl)c1. The second kappa shape index (κ2) is 5.82. The summed E-state index contributed by atoms with van der Waals surface area (Å²) in [5.74, 6) is -0.786. The lowest BCUT2D eigenvalue weighted by molar-refractivity contribution is 0.0950. The standard InChI is InChI=1S/C11H14ClFN2O/c1-7(14-2)6-15-11(16)8-3-4-10(13)9(12)5-8/h3-5,7,14H,6H2,1-2H3,(H,15,16). The minimum atomic E-state index is -0.526. The number of carbonyl (C=O) groups is 1. The summed E-state index contributed by atoms with van der Waals surface area (Å²) < 4.78 is 12.9. The van der Waals surface area contributed by atoms with E-state index in [1.165, 1.54) is 18.2 Å². The first kappa shape index (κ1) is 12.9. The van der Waals surface area contributed by atoms with Gasteiger partial charge in [-0.05, 0) is 32.2 Å². The van der Waals surface area contributed by atoms with Crippen LogP contribution in [0.25, 0.3) is 0 Å². The van der Waals surface area contributed by atoms with Crippen LogP contribution in [0.1, 0.15) is 17.3 Å². The maximum Gasteiger partial charge on any atom is 0.251 e. The zero-order valence-electron chi connectivity index (χ0n) is 9.18. The smallest absolute Gasteiger partial charge is 0.251 e. The molecule has 1 atom stereocenters. The van der Waals surface area contributed by atoms with Crippen molar-refractivity contribution in [3.8, 4) is 0 Å². The summed E-state index contributed by atoms with van der Waals surface area (Å²) >= 11 is 5.58. The fraction of sp³-hybridized carbons (Fsp3) is 0.364. The van der Waals surface area contributed by atoms with Gasteiger partial charge < -0.3 is 10.6 Å². The highest BCUT2D eigenvalue weighted by Crippen LogP contribution is 2.15. The molecule has 2 N–H and O–H groups in total. The Balaban J connectivity index is 2.63. The lowest BCUT2D eigenvalue weighted by Gasteiger charge is -2.11. The minimum Gasteiger partial charge on any atom is -0.350 e. The molecular formula is C11H14ClFN2O. The molecule has 0 fully saturated rings. The normalized spacial score (nSPS) is 12.2. The van der Waals surface area contributed by atoms with Crippen molar-refractivity contribution < 1.29 is 9.18 Å². The molecule has 5 heteroatoms. The Hall–Kier alpha value is -1.13. The van der Waals surface area contributed by atoms with E-state index in [2.05, 4.69) is 10.6 Å². The van der Waals surface area contributed by atoms with Crippen molar-refractivity contribution in [2.24, 2.45) is 0 Å². The number of halogens is 2. The number of hydrogen-bond donors (Lipinski definition) is 2. The van der Waals surface area contributed by atoms with Gasteiger partial charge in [0.05, 0.1) is 5.02 Å². The van der Waals surface area contributed by atoms with Crippen LogP contribution in [0.5, 0.6) is 0 Å². The Morgan fingerprint density at radius 1 is 1.56 bits per heavy atom. The predicted molar refractivity (Wildman–Crippen MR) is 62.3 cm³/mol. The highest BCUT2D eigenvalue weighted by Gasteiger charge is 2.09. The molecule has 0 saturated carbocycles. The molecule has 0 aliphatic rings. The molecule has 16 heavy (non-hydrogen) atoms. The fourth-order valence-electron chi connectivity index (χ4n) is 1.09. The predicted octanol–water partition coefficient (Wildman–Crippen LogP) is 1.82. The van der Waals surface area contributed by atoms with Gasteiger partial charge >= 0.3 is 0 Å². The quantitative estimate of drug-likeness (QED) is 0.848. The van der Waals surface area contributed by atoms with Crippen LogP contribution in [0, 0.1) is 5.82 Å². The van der Waals surface area contributed by atoms with Crippen LogP contribution < -0.4 is 10.6 Å². The minimum absolute atomic E-state index is 0.0469. The molecule has 0 heterocycles. The average Bonchev–Trinajstić information content (AvgIpc) is 2.29. The van der Waals surface area contributed by atoms with E-state index in [1.807, 2.05) is 14.0 Å². The molecule has 0 bridgehead atoms. The van der Waals surface area contributed by atoms with Gasteiger partial charge in [-0.1, -0.05) is 11.6 Å². The van der Waals surface area contributed by atoms with Crippen LogP contribution in [-0.2, 0) is 0 Å². The highest BCUT2D eigenvalue weighted by atomic mass is 35.5. The maximum absolute atomic E-state index is 12.9. The summed E-state index contributed by atoms with van der Waals surface area (Å²) in [7, 11) is 1.81. The Bertz CT molecular complexity index is 384. The first-order valence-corrected chi connectivity index (χ1v) is 5.33. The molecule has 0 aliphatic heterocycles. The van der Waals surface area contributed by atoms with E-state index >= 15 is 0 Å². The molecule has 0 aromatic heterocycles. The van der Waals surface area contributed by atoms with E-state index in [-0.39, 0.29) is 17.0 Å². The molecule has 88 valence electrons. The van der Waals surface area contributed by atoms with Crippen molar-refractivity contribution in [1.82, 2.24) is 10.6 Å². The molecule has 0 spiro atoms. The molecule has 0 aliphatic carbocycles. The first-order valence-electron chi connectivity index (χ1n) is 4.95. The first-order chi connectivity index (χ1) is 7.54. The largest absolute Gasteiger partial charge is 0.350 e. The zero-order valence-corrected chi connectivity index (χ0v) is 9.94. The number of hydrogen-bond acceptors (Lipinski definition) is 2. The van der Waals surface area contributed by atoms with Gasteiger partial charge in [0, 0.05) is 18.2 Å². The van der Waals surface area contributed by atoms with Crippen molar-refractivity contribution in [3.05, 3.63) is 34.6 Å². The van der Waals surface area contributed by atoms with Crippen molar-refractivity contribution in [2.75, 3.05) is 13.6 Å². The molecule has 1 rings (SSSR count). The Labute approximate surface area is 99.0 Å². The summed E-state index contributed by atoms with van der Waals surface area (Å²) in [6.45, 7) is 2.45. The van der Waals surface area contributed by atoms with Gasteiger partial charge in [0.15, 0.2) is 0 Å².